The minimum absolute atomic E-state index is 0.0867. The Kier molecular flexibility index (Phi) is 5.91. The number of morpholine rings is 1. The average molecular weight is 258 g/mol. The maximum Gasteiger partial charge on any atom is 0.317 e. The lowest BCUT2D eigenvalue weighted by molar-refractivity contribution is -0.141. The molecule has 1 fully saturated rings. The third-order valence-corrected chi connectivity index (χ3v) is 3.30. The molecule has 0 spiro atoms. The normalized spacial score (nSPS) is 21.4. The average Bonchev–Trinajstić information content (AvgIpc) is 2.38. The van der Waals surface area contributed by atoms with Gasteiger partial charge in [0.05, 0.1) is 25.2 Å². The number of rotatable bonds is 5. The molecule has 0 aromatic rings. The van der Waals surface area contributed by atoms with E-state index < -0.39 is 11.9 Å². The van der Waals surface area contributed by atoms with Crippen molar-refractivity contribution >= 4 is 12.0 Å². The van der Waals surface area contributed by atoms with Gasteiger partial charge in [-0.15, -0.1) is 0 Å². The van der Waals surface area contributed by atoms with E-state index >= 15 is 0 Å². The second-order valence-corrected chi connectivity index (χ2v) is 4.46. The summed E-state index contributed by atoms with van der Waals surface area (Å²) in [6, 6.07) is -0.103. The highest BCUT2D eigenvalue weighted by Gasteiger charge is 2.26. The van der Waals surface area contributed by atoms with Gasteiger partial charge >= 0.3 is 12.0 Å². The molecule has 1 heterocycles. The molecule has 0 saturated carbocycles. The summed E-state index contributed by atoms with van der Waals surface area (Å²) in [6.07, 6.45) is 1.35. The fourth-order valence-electron chi connectivity index (χ4n) is 1.98. The van der Waals surface area contributed by atoms with Gasteiger partial charge in [-0.3, -0.25) is 4.79 Å². The predicted molar refractivity (Wildman–Crippen MR) is 66.4 cm³/mol. The van der Waals surface area contributed by atoms with Crippen LogP contribution >= 0.6 is 0 Å². The number of hydrogen-bond donors (Lipinski definition) is 2. The van der Waals surface area contributed by atoms with Gasteiger partial charge in [-0.2, -0.15) is 0 Å². The summed E-state index contributed by atoms with van der Waals surface area (Å²) >= 11 is 0. The Hall–Kier alpha value is -1.30. The Balaban J connectivity index is 2.45. The van der Waals surface area contributed by atoms with Crippen LogP contribution in [0.1, 0.15) is 26.7 Å². The van der Waals surface area contributed by atoms with Crippen molar-refractivity contribution in [1.82, 2.24) is 10.2 Å². The molecule has 1 aliphatic heterocycles. The molecule has 2 atom stereocenters. The number of hydrogen-bond acceptors (Lipinski definition) is 3. The Labute approximate surface area is 107 Å². The van der Waals surface area contributed by atoms with Gasteiger partial charge in [-0.1, -0.05) is 13.8 Å². The zero-order chi connectivity index (χ0) is 13.5. The van der Waals surface area contributed by atoms with Crippen molar-refractivity contribution in [2.75, 3.05) is 26.3 Å². The summed E-state index contributed by atoms with van der Waals surface area (Å²) < 4.78 is 5.32. The second kappa shape index (κ2) is 7.20. The molecule has 18 heavy (non-hydrogen) atoms. The molecule has 1 aliphatic rings. The number of aliphatic carboxylic acids is 1. The van der Waals surface area contributed by atoms with Crippen LogP contribution in [0.2, 0.25) is 0 Å². The molecule has 0 radical (unpaired) electrons. The van der Waals surface area contributed by atoms with Crippen LogP contribution in [0.4, 0.5) is 4.79 Å². The number of nitrogens with one attached hydrogen (secondary N) is 1. The maximum atomic E-state index is 12.0. The quantitative estimate of drug-likeness (QED) is 0.768. The molecule has 1 saturated heterocycles. The van der Waals surface area contributed by atoms with Gasteiger partial charge in [0.25, 0.3) is 0 Å². The van der Waals surface area contributed by atoms with Gasteiger partial charge < -0.3 is 20.1 Å². The Morgan fingerprint density at radius 3 is 2.78 bits per heavy atom. The summed E-state index contributed by atoms with van der Waals surface area (Å²) in [4.78, 5) is 24.6. The first-order valence-electron chi connectivity index (χ1n) is 6.45. The van der Waals surface area contributed by atoms with Crippen molar-refractivity contribution in [3.63, 3.8) is 0 Å². The van der Waals surface area contributed by atoms with Gasteiger partial charge in [-0.25, -0.2) is 4.79 Å². The Morgan fingerprint density at radius 2 is 2.22 bits per heavy atom. The molecule has 104 valence electrons. The van der Waals surface area contributed by atoms with Crippen molar-refractivity contribution < 1.29 is 19.4 Å². The van der Waals surface area contributed by atoms with Crippen LogP contribution in [0.3, 0.4) is 0 Å². The molecular weight excluding hydrogens is 236 g/mol. The number of amides is 2. The van der Waals surface area contributed by atoms with Crippen LogP contribution in [-0.2, 0) is 9.53 Å². The van der Waals surface area contributed by atoms with Gasteiger partial charge in [0.15, 0.2) is 0 Å². The van der Waals surface area contributed by atoms with Crippen molar-refractivity contribution in [2.45, 2.75) is 32.7 Å². The lowest BCUT2D eigenvalue weighted by Gasteiger charge is -2.35. The molecule has 0 aromatic heterocycles. The number of carbonyl (C=O) groups excluding carboxylic acids is 1. The van der Waals surface area contributed by atoms with E-state index in [0.29, 0.717) is 26.2 Å². The smallest absolute Gasteiger partial charge is 0.317 e. The fraction of sp³-hybridized carbons (Fsp3) is 0.833. The number of ether oxygens (including phenoxy) is 1. The monoisotopic (exact) mass is 258 g/mol. The van der Waals surface area contributed by atoms with Crippen LogP contribution in [0.25, 0.3) is 0 Å². The molecule has 0 aliphatic carbocycles. The minimum atomic E-state index is -0.869. The first-order valence-corrected chi connectivity index (χ1v) is 6.45. The minimum Gasteiger partial charge on any atom is -0.481 e. The molecule has 2 unspecified atom stereocenters. The Bertz CT molecular complexity index is 296. The first kappa shape index (κ1) is 14.8. The second-order valence-electron chi connectivity index (χ2n) is 4.46. The fourth-order valence-corrected chi connectivity index (χ4v) is 1.98. The van der Waals surface area contributed by atoms with Crippen LogP contribution in [0.15, 0.2) is 0 Å². The van der Waals surface area contributed by atoms with Gasteiger partial charge in [0.2, 0.25) is 0 Å². The van der Waals surface area contributed by atoms with Crippen molar-refractivity contribution in [3.05, 3.63) is 0 Å². The zero-order valence-electron chi connectivity index (χ0n) is 11.0. The first-order chi connectivity index (χ1) is 8.60. The number of carboxylic acids is 1. The van der Waals surface area contributed by atoms with E-state index in [1.807, 2.05) is 6.92 Å². The van der Waals surface area contributed by atoms with Crippen LogP contribution in [0.5, 0.6) is 0 Å². The summed E-state index contributed by atoms with van der Waals surface area (Å²) in [7, 11) is 0. The van der Waals surface area contributed by atoms with E-state index in [4.69, 9.17) is 9.84 Å². The van der Waals surface area contributed by atoms with E-state index in [1.165, 1.54) is 0 Å². The van der Waals surface area contributed by atoms with Crippen LogP contribution in [-0.4, -0.2) is 54.4 Å². The molecule has 2 N–H and O–H groups in total. The zero-order valence-corrected chi connectivity index (χ0v) is 11.0. The lowest BCUT2D eigenvalue weighted by atomic mass is 10.1. The summed E-state index contributed by atoms with van der Waals surface area (Å²) in [6.45, 7) is 5.65. The molecule has 6 nitrogen and oxygen atoms in total. The van der Waals surface area contributed by atoms with Crippen LogP contribution < -0.4 is 5.32 Å². The molecule has 0 aromatic carbocycles. The molecule has 0 bridgehead atoms. The van der Waals surface area contributed by atoms with Crippen molar-refractivity contribution in [2.24, 2.45) is 5.92 Å². The summed E-state index contributed by atoms with van der Waals surface area (Å²) in [5.74, 6) is -1.39. The third-order valence-electron chi connectivity index (χ3n) is 3.30. The van der Waals surface area contributed by atoms with Gasteiger partial charge in [0.1, 0.15) is 0 Å². The molecule has 2 amide bonds. The lowest BCUT2D eigenvalue weighted by Crippen LogP contribution is -2.53. The van der Waals surface area contributed by atoms with Crippen LogP contribution in [0, 0.1) is 5.92 Å². The highest BCUT2D eigenvalue weighted by Crippen LogP contribution is 2.10. The molecule has 1 rings (SSSR count). The van der Waals surface area contributed by atoms with E-state index in [9.17, 15) is 9.59 Å². The topological polar surface area (TPSA) is 78.9 Å². The number of carboxylic acid groups (broad SMARTS) is 1. The summed E-state index contributed by atoms with van der Waals surface area (Å²) in [5.41, 5.74) is 0. The predicted octanol–water partition coefficient (Wildman–Crippen LogP) is 0.918. The number of urea groups is 1. The summed E-state index contributed by atoms with van der Waals surface area (Å²) in [5, 5.41) is 11.6. The highest BCUT2D eigenvalue weighted by atomic mass is 16.5. The molecule has 6 heteroatoms. The maximum absolute atomic E-state index is 12.0. The standard InChI is InChI=1S/C12H22N2O4/c1-3-9(11(15)16)7-13-12(17)14-5-6-18-8-10(14)4-2/h9-10H,3-8H2,1-2H3,(H,13,17)(H,15,16). The number of carbonyl (C=O) groups is 2. The SMILES string of the molecule is CCC(CNC(=O)N1CCOCC1CC)C(=O)O. The van der Waals surface area contributed by atoms with Crippen molar-refractivity contribution in [1.29, 1.82) is 0 Å². The van der Waals surface area contributed by atoms with E-state index in [2.05, 4.69) is 5.32 Å². The van der Waals surface area contributed by atoms with Gasteiger partial charge in [-0.05, 0) is 12.8 Å². The van der Waals surface area contributed by atoms with Gasteiger partial charge in [0, 0.05) is 13.1 Å². The van der Waals surface area contributed by atoms with E-state index in [-0.39, 0.29) is 18.6 Å². The van der Waals surface area contributed by atoms with E-state index in [1.54, 1.807) is 11.8 Å². The third kappa shape index (κ3) is 3.87. The molecular formula is C12H22N2O4. The van der Waals surface area contributed by atoms with Crippen molar-refractivity contribution in [3.8, 4) is 0 Å². The Morgan fingerprint density at radius 1 is 1.50 bits per heavy atom. The van der Waals surface area contributed by atoms with E-state index in [0.717, 1.165) is 6.42 Å². The largest absolute Gasteiger partial charge is 0.481 e. The highest BCUT2D eigenvalue weighted by molar-refractivity contribution is 5.76. The number of nitrogens with zero attached hydrogens (tertiary/aromatic N) is 1.